The lowest BCUT2D eigenvalue weighted by Crippen LogP contribution is -2.40. The molecular formula is C15H17FN2O. The molecule has 2 N–H and O–H groups in total. The third-order valence-electron chi connectivity index (χ3n) is 3.67. The van der Waals surface area contributed by atoms with Crippen LogP contribution >= 0.6 is 0 Å². The van der Waals surface area contributed by atoms with Gasteiger partial charge in [0.2, 0.25) is 0 Å². The number of fused-ring (bicyclic) bond motifs is 1. The van der Waals surface area contributed by atoms with Crippen LogP contribution in [0.25, 0.3) is 10.9 Å². The van der Waals surface area contributed by atoms with E-state index < -0.39 is 11.6 Å². The highest BCUT2D eigenvalue weighted by atomic mass is 19.1. The van der Waals surface area contributed by atoms with Crippen LogP contribution in [-0.2, 0) is 11.2 Å². The van der Waals surface area contributed by atoms with Crippen molar-refractivity contribution >= 4 is 16.8 Å². The van der Waals surface area contributed by atoms with E-state index in [0.29, 0.717) is 19.3 Å². The van der Waals surface area contributed by atoms with Crippen molar-refractivity contribution in [1.82, 2.24) is 10.3 Å². The monoisotopic (exact) mass is 260 g/mol. The van der Waals surface area contributed by atoms with Crippen LogP contribution < -0.4 is 5.32 Å². The molecule has 0 aliphatic heterocycles. The molecule has 4 heteroatoms. The summed E-state index contributed by atoms with van der Waals surface area (Å²) < 4.78 is 13.6. The van der Waals surface area contributed by atoms with E-state index in [9.17, 15) is 9.18 Å². The van der Waals surface area contributed by atoms with E-state index in [0.717, 1.165) is 16.5 Å². The molecule has 1 aliphatic rings. The lowest BCUT2D eigenvalue weighted by Gasteiger charge is -2.15. The van der Waals surface area contributed by atoms with E-state index in [2.05, 4.69) is 10.3 Å². The van der Waals surface area contributed by atoms with E-state index >= 15 is 0 Å². The van der Waals surface area contributed by atoms with Crippen molar-refractivity contribution in [3.05, 3.63) is 36.0 Å². The van der Waals surface area contributed by atoms with Crippen molar-refractivity contribution in [3.63, 3.8) is 0 Å². The average molecular weight is 260 g/mol. The minimum absolute atomic E-state index is 0.0695. The second-order valence-corrected chi connectivity index (χ2v) is 5.40. The maximum Gasteiger partial charge on any atom is 0.257 e. The van der Waals surface area contributed by atoms with Crippen LogP contribution in [-0.4, -0.2) is 22.6 Å². The summed E-state index contributed by atoms with van der Waals surface area (Å²) in [7, 11) is 0. The van der Waals surface area contributed by atoms with Gasteiger partial charge in [-0.2, -0.15) is 0 Å². The third-order valence-corrected chi connectivity index (χ3v) is 3.67. The number of nitrogens with one attached hydrogen (secondary N) is 2. The van der Waals surface area contributed by atoms with Crippen molar-refractivity contribution in [1.29, 1.82) is 0 Å². The number of alkyl halides is 1. The first-order valence-electron chi connectivity index (χ1n) is 6.63. The number of benzene rings is 1. The Balaban J connectivity index is 1.69. The molecular weight excluding hydrogens is 243 g/mol. The fourth-order valence-electron chi connectivity index (χ4n) is 2.37. The molecule has 3 rings (SSSR count). The average Bonchev–Trinajstić information content (AvgIpc) is 3.02. The van der Waals surface area contributed by atoms with Crippen molar-refractivity contribution in [3.8, 4) is 0 Å². The molecule has 2 aromatic rings. The first-order chi connectivity index (χ1) is 9.08. The Morgan fingerprint density at radius 3 is 2.95 bits per heavy atom. The van der Waals surface area contributed by atoms with Gasteiger partial charge >= 0.3 is 0 Å². The number of aromatic amines is 1. The van der Waals surface area contributed by atoms with E-state index in [1.807, 2.05) is 37.4 Å². The van der Waals surface area contributed by atoms with Gasteiger partial charge in [0.1, 0.15) is 0 Å². The number of hydrogen-bond donors (Lipinski definition) is 2. The van der Waals surface area contributed by atoms with Gasteiger partial charge in [0.25, 0.3) is 5.91 Å². The molecule has 1 aromatic heterocycles. The van der Waals surface area contributed by atoms with E-state index in [-0.39, 0.29) is 6.04 Å². The number of aromatic nitrogens is 1. The molecule has 100 valence electrons. The number of H-pyrrole nitrogens is 1. The quantitative estimate of drug-likeness (QED) is 0.872. The lowest BCUT2D eigenvalue weighted by molar-refractivity contribution is -0.128. The first kappa shape index (κ1) is 12.2. The largest absolute Gasteiger partial charge is 0.361 e. The summed E-state index contributed by atoms with van der Waals surface area (Å²) in [4.78, 5) is 14.8. The molecule has 19 heavy (non-hydrogen) atoms. The van der Waals surface area contributed by atoms with E-state index in [1.165, 1.54) is 0 Å². The standard InChI is InChI=1S/C15H17FN2O/c1-10(18-14(19)15(16)6-7-15)8-11-9-17-13-5-3-2-4-12(11)13/h2-5,9-10,17H,6-8H2,1H3,(H,18,19). The number of carbonyl (C=O) groups is 1. The molecule has 0 radical (unpaired) electrons. The van der Waals surface area contributed by atoms with Crippen LogP contribution in [0.5, 0.6) is 0 Å². The molecule has 1 aromatic carbocycles. The highest BCUT2D eigenvalue weighted by molar-refractivity contribution is 5.88. The number of para-hydroxylation sites is 1. The topological polar surface area (TPSA) is 44.9 Å². The molecule has 0 saturated heterocycles. The summed E-state index contributed by atoms with van der Waals surface area (Å²) >= 11 is 0. The Labute approximate surface area is 111 Å². The predicted octanol–water partition coefficient (Wildman–Crippen LogP) is 2.72. The molecule has 0 spiro atoms. The van der Waals surface area contributed by atoms with Crippen molar-refractivity contribution < 1.29 is 9.18 Å². The minimum atomic E-state index is -1.59. The normalized spacial score (nSPS) is 18.2. The summed E-state index contributed by atoms with van der Waals surface area (Å²) in [5, 5.41) is 3.91. The molecule has 1 unspecified atom stereocenters. The maximum atomic E-state index is 13.6. The van der Waals surface area contributed by atoms with Gasteiger partial charge in [-0.25, -0.2) is 4.39 Å². The smallest absolute Gasteiger partial charge is 0.257 e. The third kappa shape index (κ3) is 2.35. The van der Waals surface area contributed by atoms with Gasteiger partial charge in [-0.3, -0.25) is 4.79 Å². The van der Waals surface area contributed by atoms with Gasteiger partial charge in [0.15, 0.2) is 5.67 Å². The summed E-state index contributed by atoms with van der Waals surface area (Å²) in [6.45, 7) is 1.91. The van der Waals surface area contributed by atoms with Crippen molar-refractivity contribution in [2.75, 3.05) is 0 Å². The summed E-state index contributed by atoms with van der Waals surface area (Å²) in [5.41, 5.74) is 0.640. The summed E-state index contributed by atoms with van der Waals surface area (Å²) in [5.74, 6) is -0.458. The highest BCUT2D eigenvalue weighted by Crippen LogP contribution is 2.39. The Morgan fingerprint density at radius 1 is 1.47 bits per heavy atom. The van der Waals surface area contributed by atoms with Gasteiger partial charge < -0.3 is 10.3 Å². The van der Waals surface area contributed by atoms with Crippen LogP contribution in [0.2, 0.25) is 0 Å². The molecule has 3 nitrogen and oxygen atoms in total. The first-order valence-corrected chi connectivity index (χ1v) is 6.63. The maximum absolute atomic E-state index is 13.6. The molecule has 1 atom stereocenters. The SMILES string of the molecule is CC(Cc1c[nH]c2ccccc12)NC(=O)C1(F)CC1. The highest BCUT2D eigenvalue weighted by Gasteiger charge is 2.51. The Kier molecular flexibility index (Phi) is 2.81. The Morgan fingerprint density at radius 2 is 2.21 bits per heavy atom. The van der Waals surface area contributed by atoms with Crippen LogP contribution in [0.3, 0.4) is 0 Å². The van der Waals surface area contributed by atoms with Crippen LogP contribution in [0.15, 0.2) is 30.5 Å². The van der Waals surface area contributed by atoms with Gasteiger partial charge in [-0.1, -0.05) is 18.2 Å². The number of amides is 1. The number of rotatable bonds is 4. The van der Waals surface area contributed by atoms with Crippen LogP contribution in [0.4, 0.5) is 4.39 Å². The van der Waals surface area contributed by atoms with Crippen LogP contribution in [0, 0.1) is 0 Å². The second kappa shape index (κ2) is 4.37. The Bertz CT molecular complexity index is 615. The lowest BCUT2D eigenvalue weighted by atomic mass is 10.1. The molecule has 0 bridgehead atoms. The zero-order valence-electron chi connectivity index (χ0n) is 10.9. The number of halogens is 1. The number of hydrogen-bond acceptors (Lipinski definition) is 1. The van der Waals surface area contributed by atoms with Crippen LogP contribution in [0.1, 0.15) is 25.3 Å². The Hall–Kier alpha value is -1.84. The van der Waals surface area contributed by atoms with E-state index in [4.69, 9.17) is 0 Å². The molecule has 1 fully saturated rings. The van der Waals surface area contributed by atoms with E-state index in [1.54, 1.807) is 0 Å². The zero-order valence-corrected chi connectivity index (χ0v) is 10.9. The zero-order chi connectivity index (χ0) is 13.5. The molecule has 1 amide bonds. The number of carbonyl (C=O) groups excluding carboxylic acids is 1. The predicted molar refractivity (Wildman–Crippen MR) is 72.7 cm³/mol. The summed E-state index contributed by atoms with van der Waals surface area (Å²) in [6, 6.07) is 7.97. The fourth-order valence-corrected chi connectivity index (χ4v) is 2.37. The van der Waals surface area contributed by atoms with Gasteiger partial charge in [0, 0.05) is 23.1 Å². The minimum Gasteiger partial charge on any atom is -0.361 e. The second-order valence-electron chi connectivity index (χ2n) is 5.40. The summed E-state index contributed by atoms with van der Waals surface area (Å²) in [6.07, 6.45) is 3.37. The van der Waals surface area contributed by atoms with Crippen molar-refractivity contribution in [2.45, 2.75) is 37.9 Å². The fraction of sp³-hybridized carbons (Fsp3) is 0.400. The van der Waals surface area contributed by atoms with Gasteiger partial charge in [-0.15, -0.1) is 0 Å². The van der Waals surface area contributed by atoms with Gasteiger partial charge in [-0.05, 0) is 37.8 Å². The molecule has 1 saturated carbocycles. The molecule has 1 aliphatic carbocycles. The molecule has 1 heterocycles. The van der Waals surface area contributed by atoms with Gasteiger partial charge in [0.05, 0.1) is 0 Å². The van der Waals surface area contributed by atoms with Crippen molar-refractivity contribution in [2.24, 2.45) is 0 Å².